The van der Waals surface area contributed by atoms with E-state index in [1.165, 1.54) is 62.3 Å². The second kappa shape index (κ2) is 7.30. The number of aryl methyl sites for hydroxylation is 1. The average molecular weight is 338 g/mol. The number of rotatable bonds is 5. The Hall–Kier alpha value is -1.65. The summed E-state index contributed by atoms with van der Waals surface area (Å²) >= 11 is 0. The number of aromatic nitrogens is 2. The minimum atomic E-state index is 0.755. The first-order chi connectivity index (χ1) is 12.2. The minimum Gasteiger partial charge on any atom is -0.299 e. The normalized spacial score (nSPS) is 24.6. The second-order valence-electron chi connectivity index (χ2n) is 7.87. The van der Waals surface area contributed by atoms with Crippen LogP contribution in [0.2, 0.25) is 0 Å². The summed E-state index contributed by atoms with van der Waals surface area (Å²) in [5.74, 6) is 0.844. The lowest BCUT2D eigenvalue weighted by Gasteiger charge is -2.35. The number of benzene rings is 1. The lowest BCUT2D eigenvalue weighted by molar-refractivity contribution is 0.131. The molecule has 1 aromatic carbocycles. The van der Waals surface area contributed by atoms with Gasteiger partial charge >= 0.3 is 0 Å². The maximum absolute atomic E-state index is 4.61. The van der Waals surface area contributed by atoms with E-state index in [0.717, 1.165) is 18.5 Å². The van der Waals surface area contributed by atoms with E-state index in [0.29, 0.717) is 0 Å². The largest absolute Gasteiger partial charge is 0.299 e. The number of para-hydroxylation sites is 1. The molecule has 3 aliphatic rings. The zero-order valence-electron chi connectivity index (χ0n) is 15.6. The van der Waals surface area contributed by atoms with E-state index < -0.39 is 0 Å². The Morgan fingerprint density at radius 1 is 1.12 bits per heavy atom. The van der Waals surface area contributed by atoms with Crippen molar-refractivity contribution in [3.63, 3.8) is 0 Å². The first kappa shape index (κ1) is 16.8. The number of piperidine rings is 1. The maximum Gasteiger partial charge on any atom is 0.0674 e. The second-order valence-corrected chi connectivity index (χ2v) is 7.87. The molecule has 0 N–H and O–H groups in total. The van der Waals surface area contributed by atoms with Crippen molar-refractivity contribution in [3.05, 3.63) is 47.8 Å². The van der Waals surface area contributed by atoms with Crippen LogP contribution in [0.25, 0.3) is 5.69 Å². The Labute approximate surface area is 151 Å². The molecule has 5 rings (SSSR count). The van der Waals surface area contributed by atoms with Crippen LogP contribution in [0.15, 0.2) is 36.7 Å². The molecule has 4 nitrogen and oxygen atoms in total. The predicted octanol–water partition coefficient (Wildman–Crippen LogP) is 3.49. The Morgan fingerprint density at radius 3 is 2.84 bits per heavy atom. The molecule has 3 aliphatic heterocycles. The molecular weight excluding hydrogens is 308 g/mol. The number of nitrogens with zero attached hydrogens (tertiary/aromatic N) is 4. The Kier molecular flexibility index (Phi) is 4.91. The van der Waals surface area contributed by atoms with Crippen molar-refractivity contribution in [2.75, 3.05) is 26.2 Å². The summed E-state index contributed by atoms with van der Waals surface area (Å²) in [5.41, 5.74) is 3.77. The van der Waals surface area contributed by atoms with Crippen LogP contribution < -0.4 is 0 Å². The number of hydrogen-bond acceptors (Lipinski definition) is 3. The van der Waals surface area contributed by atoms with Crippen molar-refractivity contribution < 1.29 is 0 Å². The van der Waals surface area contributed by atoms with Gasteiger partial charge in [0.2, 0.25) is 0 Å². The highest BCUT2D eigenvalue weighted by atomic mass is 15.3. The summed E-state index contributed by atoms with van der Waals surface area (Å²) < 4.78 is 2.03. The van der Waals surface area contributed by atoms with Gasteiger partial charge in [-0.05, 0) is 50.3 Å². The average Bonchev–Trinajstić information content (AvgIpc) is 2.89. The van der Waals surface area contributed by atoms with E-state index in [2.05, 4.69) is 59.2 Å². The van der Waals surface area contributed by atoms with Crippen molar-refractivity contribution in [1.29, 1.82) is 0 Å². The van der Waals surface area contributed by atoms with Gasteiger partial charge in [-0.2, -0.15) is 5.10 Å². The van der Waals surface area contributed by atoms with E-state index in [1.54, 1.807) is 0 Å². The van der Waals surface area contributed by atoms with Crippen molar-refractivity contribution in [2.45, 2.75) is 45.7 Å². The van der Waals surface area contributed by atoms with Gasteiger partial charge in [0.05, 0.1) is 11.9 Å². The first-order valence-corrected chi connectivity index (χ1v) is 9.79. The molecule has 1 aromatic heterocycles. The van der Waals surface area contributed by atoms with Crippen LogP contribution >= 0.6 is 0 Å². The van der Waals surface area contributed by atoms with Crippen LogP contribution in [0, 0.1) is 12.8 Å². The summed E-state index contributed by atoms with van der Waals surface area (Å²) in [6.45, 7) is 10.5. The molecule has 2 atom stereocenters. The van der Waals surface area contributed by atoms with Crippen LogP contribution in [0.3, 0.4) is 0 Å². The molecule has 0 saturated carbocycles. The van der Waals surface area contributed by atoms with Crippen LogP contribution in [0.1, 0.15) is 37.3 Å². The molecule has 4 heterocycles. The van der Waals surface area contributed by atoms with Gasteiger partial charge in [-0.15, -0.1) is 0 Å². The third-order valence-electron chi connectivity index (χ3n) is 5.82. The summed E-state index contributed by atoms with van der Waals surface area (Å²) in [7, 11) is 0. The monoisotopic (exact) mass is 338 g/mol. The summed E-state index contributed by atoms with van der Waals surface area (Å²) in [5, 5.41) is 4.61. The Balaban J connectivity index is 1.46. The zero-order chi connectivity index (χ0) is 17.2. The molecule has 4 heteroatoms. The number of hydrogen-bond donors (Lipinski definition) is 0. The predicted molar refractivity (Wildman–Crippen MR) is 102 cm³/mol. The molecule has 0 amide bonds. The quantitative estimate of drug-likeness (QED) is 0.834. The van der Waals surface area contributed by atoms with E-state index in [9.17, 15) is 0 Å². The van der Waals surface area contributed by atoms with Crippen molar-refractivity contribution in [1.82, 2.24) is 19.6 Å². The molecule has 2 bridgehead atoms. The van der Waals surface area contributed by atoms with E-state index in [1.807, 2.05) is 10.9 Å². The molecule has 0 aliphatic carbocycles. The van der Waals surface area contributed by atoms with E-state index >= 15 is 0 Å². The number of fused-ring (bicyclic) bond motifs is 4. The van der Waals surface area contributed by atoms with Crippen LogP contribution in [0.4, 0.5) is 0 Å². The van der Waals surface area contributed by atoms with Gasteiger partial charge in [0.25, 0.3) is 0 Å². The molecule has 3 saturated heterocycles. The smallest absolute Gasteiger partial charge is 0.0674 e. The van der Waals surface area contributed by atoms with E-state index in [-0.39, 0.29) is 0 Å². The summed E-state index contributed by atoms with van der Waals surface area (Å²) in [6, 6.07) is 9.20. The van der Waals surface area contributed by atoms with Gasteiger partial charge < -0.3 is 0 Å². The highest BCUT2D eigenvalue weighted by Crippen LogP contribution is 2.29. The van der Waals surface area contributed by atoms with Crippen LogP contribution in [-0.4, -0.2) is 51.8 Å². The van der Waals surface area contributed by atoms with Crippen molar-refractivity contribution >= 4 is 0 Å². The molecule has 2 aromatic rings. The third-order valence-corrected chi connectivity index (χ3v) is 5.82. The van der Waals surface area contributed by atoms with E-state index in [4.69, 9.17) is 0 Å². The van der Waals surface area contributed by atoms with Gasteiger partial charge in [-0.25, -0.2) is 4.68 Å². The van der Waals surface area contributed by atoms with Gasteiger partial charge in [0.1, 0.15) is 0 Å². The Bertz CT molecular complexity index is 707. The molecule has 0 radical (unpaired) electrons. The maximum atomic E-state index is 4.61. The molecular formula is C21H30N4. The standard InChI is InChI=1S/C21H30N4/c1-3-10-24-14-18-8-9-20(24)16-23(12-18)13-19-11-22-25(15-19)21-7-5-4-6-17(21)2/h4-7,11,15,18,20H,3,8-10,12-14,16H2,1-2H3/t18-,20+/m0/s1. The van der Waals surface area contributed by atoms with Crippen molar-refractivity contribution in [3.8, 4) is 5.69 Å². The third kappa shape index (κ3) is 3.65. The lowest BCUT2D eigenvalue weighted by Crippen LogP contribution is -2.44. The van der Waals surface area contributed by atoms with Gasteiger partial charge in [0.15, 0.2) is 0 Å². The van der Waals surface area contributed by atoms with Crippen LogP contribution in [-0.2, 0) is 6.54 Å². The fraction of sp³-hybridized carbons (Fsp3) is 0.571. The Morgan fingerprint density at radius 2 is 2.00 bits per heavy atom. The zero-order valence-corrected chi connectivity index (χ0v) is 15.6. The lowest BCUT2D eigenvalue weighted by atomic mass is 9.95. The molecule has 0 unspecified atom stereocenters. The highest BCUT2D eigenvalue weighted by molar-refractivity contribution is 5.39. The summed E-state index contributed by atoms with van der Waals surface area (Å²) in [6.07, 6.45) is 8.31. The van der Waals surface area contributed by atoms with Gasteiger partial charge in [0, 0.05) is 44.0 Å². The topological polar surface area (TPSA) is 24.3 Å². The molecule has 134 valence electrons. The fourth-order valence-corrected chi connectivity index (χ4v) is 4.62. The highest BCUT2D eigenvalue weighted by Gasteiger charge is 2.34. The minimum absolute atomic E-state index is 0.755. The van der Waals surface area contributed by atoms with Gasteiger partial charge in [-0.1, -0.05) is 25.1 Å². The fourth-order valence-electron chi connectivity index (χ4n) is 4.62. The van der Waals surface area contributed by atoms with Gasteiger partial charge in [-0.3, -0.25) is 9.80 Å². The van der Waals surface area contributed by atoms with Crippen molar-refractivity contribution in [2.24, 2.45) is 5.92 Å². The molecule has 25 heavy (non-hydrogen) atoms. The summed E-state index contributed by atoms with van der Waals surface area (Å²) in [4.78, 5) is 5.40. The van der Waals surface area contributed by atoms with Crippen LogP contribution in [0.5, 0.6) is 0 Å². The SMILES string of the molecule is CCCN1C[C@H]2CC[C@@H]1CN(Cc1cnn(-c3ccccc3C)c1)C2. The molecule has 3 fully saturated rings. The molecule has 0 spiro atoms. The first-order valence-electron chi connectivity index (χ1n) is 9.79.